The highest BCUT2D eigenvalue weighted by atomic mass is 35.5. The minimum absolute atomic E-state index is 0.0413. The van der Waals surface area contributed by atoms with Crippen LogP contribution < -0.4 is 10.0 Å². The summed E-state index contributed by atoms with van der Waals surface area (Å²) in [5, 5.41) is 2.96. The standard InChI is InChI=1S/C10H10ClN5O2S/c1-12-10-9(11)2-8(5-15-10)19(17,18)16-7-3-13-6-14-4-7/h2-6,16H,1H3,(H,12,15). The lowest BCUT2D eigenvalue weighted by Crippen LogP contribution is -2.14. The van der Waals surface area contributed by atoms with Gasteiger partial charge < -0.3 is 5.32 Å². The van der Waals surface area contributed by atoms with Crippen molar-refractivity contribution >= 4 is 33.1 Å². The van der Waals surface area contributed by atoms with E-state index in [1.165, 1.54) is 31.0 Å². The van der Waals surface area contributed by atoms with Gasteiger partial charge in [-0.2, -0.15) is 0 Å². The fraction of sp³-hybridized carbons (Fsp3) is 0.100. The minimum atomic E-state index is -3.77. The van der Waals surface area contributed by atoms with E-state index in [0.29, 0.717) is 5.82 Å². The zero-order valence-electron chi connectivity index (χ0n) is 9.83. The number of aromatic nitrogens is 3. The van der Waals surface area contributed by atoms with Gasteiger partial charge in [0.1, 0.15) is 17.0 Å². The minimum Gasteiger partial charge on any atom is -0.372 e. The molecule has 2 heterocycles. The molecule has 0 radical (unpaired) electrons. The molecule has 0 saturated carbocycles. The van der Waals surface area contributed by atoms with Gasteiger partial charge in [-0.1, -0.05) is 11.6 Å². The van der Waals surface area contributed by atoms with Crippen LogP contribution in [0.2, 0.25) is 5.02 Å². The maximum absolute atomic E-state index is 12.1. The molecule has 0 spiro atoms. The summed E-state index contributed by atoms with van der Waals surface area (Å²) in [6.45, 7) is 0. The van der Waals surface area contributed by atoms with Crippen molar-refractivity contribution in [2.75, 3.05) is 17.1 Å². The van der Waals surface area contributed by atoms with Crippen LogP contribution in [0.15, 0.2) is 35.9 Å². The SMILES string of the molecule is CNc1ncc(S(=O)(=O)Nc2cncnc2)cc1Cl. The Morgan fingerprint density at radius 1 is 1.21 bits per heavy atom. The Kier molecular flexibility index (Phi) is 3.82. The molecule has 2 aromatic rings. The number of sulfonamides is 1. The van der Waals surface area contributed by atoms with Gasteiger partial charge >= 0.3 is 0 Å². The molecule has 0 aliphatic carbocycles. The number of halogens is 1. The van der Waals surface area contributed by atoms with Crippen molar-refractivity contribution < 1.29 is 8.42 Å². The first kappa shape index (κ1) is 13.5. The number of hydrogen-bond donors (Lipinski definition) is 2. The number of pyridine rings is 1. The third kappa shape index (κ3) is 3.09. The summed E-state index contributed by atoms with van der Waals surface area (Å²) in [6, 6.07) is 1.31. The van der Waals surface area contributed by atoms with Crippen LogP contribution in [0.25, 0.3) is 0 Å². The van der Waals surface area contributed by atoms with Crippen molar-refractivity contribution in [3.63, 3.8) is 0 Å². The van der Waals surface area contributed by atoms with Gasteiger partial charge in [0.05, 0.1) is 23.1 Å². The number of nitrogens with one attached hydrogen (secondary N) is 2. The van der Waals surface area contributed by atoms with Gasteiger partial charge in [-0.25, -0.2) is 23.4 Å². The molecule has 0 aromatic carbocycles. The Bertz CT molecular complexity index is 678. The van der Waals surface area contributed by atoms with Crippen LogP contribution in [0, 0.1) is 0 Å². The van der Waals surface area contributed by atoms with Crippen molar-refractivity contribution in [1.29, 1.82) is 0 Å². The van der Waals surface area contributed by atoms with Crippen LogP contribution in [-0.4, -0.2) is 30.4 Å². The zero-order chi connectivity index (χ0) is 13.9. The lowest BCUT2D eigenvalue weighted by molar-refractivity contribution is 0.601. The van der Waals surface area contributed by atoms with Crippen molar-refractivity contribution in [1.82, 2.24) is 15.0 Å². The summed E-state index contributed by atoms with van der Waals surface area (Å²) >= 11 is 5.90. The van der Waals surface area contributed by atoms with Crippen LogP contribution in [0.1, 0.15) is 0 Å². The number of hydrogen-bond acceptors (Lipinski definition) is 6. The van der Waals surface area contributed by atoms with Gasteiger partial charge in [0.15, 0.2) is 0 Å². The van der Waals surface area contributed by atoms with Gasteiger partial charge in [0, 0.05) is 13.2 Å². The number of rotatable bonds is 4. The highest BCUT2D eigenvalue weighted by molar-refractivity contribution is 7.92. The number of nitrogens with zero attached hydrogens (tertiary/aromatic N) is 3. The highest BCUT2D eigenvalue weighted by Crippen LogP contribution is 2.23. The molecule has 0 aliphatic rings. The Balaban J connectivity index is 2.32. The normalized spacial score (nSPS) is 11.1. The maximum Gasteiger partial charge on any atom is 0.263 e. The predicted octanol–water partition coefficient (Wildman–Crippen LogP) is 1.37. The Labute approximate surface area is 115 Å². The van der Waals surface area contributed by atoms with Crippen molar-refractivity contribution in [2.45, 2.75) is 4.90 Å². The molecule has 0 amide bonds. The van der Waals surface area contributed by atoms with E-state index in [9.17, 15) is 8.42 Å². The molecule has 0 saturated heterocycles. The van der Waals surface area contributed by atoms with Gasteiger partial charge in [-0.05, 0) is 6.07 Å². The van der Waals surface area contributed by atoms with Crippen molar-refractivity contribution in [3.8, 4) is 0 Å². The van der Waals surface area contributed by atoms with E-state index >= 15 is 0 Å². The van der Waals surface area contributed by atoms with Crippen LogP contribution in [-0.2, 0) is 10.0 Å². The molecular weight excluding hydrogens is 290 g/mol. The zero-order valence-corrected chi connectivity index (χ0v) is 11.4. The maximum atomic E-state index is 12.1. The fourth-order valence-electron chi connectivity index (χ4n) is 1.32. The molecule has 0 bridgehead atoms. The van der Waals surface area contributed by atoms with E-state index < -0.39 is 10.0 Å². The van der Waals surface area contributed by atoms with Crippen LogP contribution in [0.4, 0.5) is 11.5 Å². The van der Waals surface area contributed by atoms with Gasteiger partial charge in [0.25, 0.3) is 10.0 Å². The van der Waals surface area contributed by atoms with E-state index in [2.05, 4.69) is 25.0 Å². The predicted molar refractivity (Wildman–Crippen MR) is 71.6 cm³/mol. The quantitative estimate of drug-likeness (QED) is 0.885. The molecule has 7 nitrogen and oxygen atoms in total. The van der Waals surface area contributed by atoms with Crippen molar-refractivity contribution in [3.05, 3.63) is 36.0 Å². The van der Waals surface area contributed by atoms with Crippen molar-refractivity contribution in [2.24, 2.45) is 0 Å². The summed E-state index contributed by atoms with van der Waals surface area (Å²) in [5.74, 6) is 0.406. The Morgan fingerprint density at radius 3 is 2.47 bits per heavy atom. The molecule has 0 atom stereocenters. The number of anilines is 2. The first-order chi connectivity index (χ1) is 9.03. The summed E-state index contributed by atoms with van der Waals surface area (Å²) in [7, 11) is -2.12. The smallest absolute Gasteiger partial charge is 0.263 e. The summed E-state index contributed by atoms with van der Waals surface area (Å²) in [5.41, 5.74) is 0.260. The summed E-state index contributed by atoms with van der Waals surface area (Å²) < 4.78 is 26.5. The van der Waals surface area contributed by atoms with E-state index in [1.54, 1.807) is 7.05 Å². The van der Waals surface area contributed by atoms with Crippen LogP contribution >= 0.6 is 11.6 Å². The molecule has 2 rings (SSSR count). The topological polar surface area (TPSA) is 96.9 Å². The molecule has 100 valence electrons. The lowest BCUT2D eigenvalue weighted by Gasteiger charge is -2.08. The molecule has 2 N–H and O–H groups in total. The van der Waals surface area contributed by atoms with Crippen LogP contribution in [0.3, 0.4) is 0 Å². The largest absolute Gasteiger partial charge is 0.372 e. The third-order valence-corrected chi connectivity index (χ3v) is 3.81. The molecule has 0 aliphatic heterocycles. The van der Waals surface area contributed by atoms with E-state index in [4.69, 9.17) is 11.6 Å². The second-order valence-electron chi connectivity index (χ2n) is 3.48. The molecule has 0 unspecified atom stereocenters. The molecule has 9 heteroatoms. The first-order valence-corrected chi connectivity index (χ1v) is 7.00. The molecule has 2 aromatic heterocycles. The fourth-order valence-corrected chi connectivity index (χ4v) is 2.64. The average molecular weight is 300 g/mol. The van der Waals surface area contributed by atoms with E-state index in [-0.39, 0.29) is 15.6 Å². The summed E-state index contributed by atoms with van der Waals surface area (Å²) in [4.78, 5) is 11.3. The molecular formula is C10H10ClN5O2S. The Morgan fingerprint density at radius 2 is 1.89 bits per heavy atom. The molecule has 0 fully saturated rings. The van der Waals surface area contributed by atoms with E-state index in [0.717, 1.165) is 0 Å². The summed E-state index contributed by atoms with van der Waals surface area (Å²) in [6.07, 6.45) is 5.21. The monoisotopic (exact) mass is 299 g/mol. The van der Waals surface area contributed by atoms with Crippen LogP contribution in [0.5, 0.6) is 0 Å². The van der Waals surface area contributed by atoms with Gasteiger partial charge in [0.2, 0.25) is 0 Å². The van der Waals surface area contributed by atoms with Gasteiger partial charge in [-0.3, -0.25) is 4.72 Å². The second kappa shape index (κ2) is 5.37. The Hall–Kier alpha value is -1.93. The van der Waals surface area contributed by atoms with E-state index in [1.807, 2.05) is 0 Å². The second-order valence-corrected chi connectivity index (χ2v) is 5.57. The molecule has 19 heavy (non-hydrogen) atoms. The first-order valence-electron chi connectivity index (χ1n) is 5.14. The highest BCUT2D eigenvalue weighted by Gasteiger charge is 2.16. The van der Waals surface area contributed by atoms with Gasteiger partial charge in [-0.15, -0.1) is 0 Å². The lowest BCUT2D eigenvalue weighted by atomic mass is 10.4. The third-order valence-electron chi connectivity index (χ3n) is 2.18. The average Bonchev–Trinajstić information content (AvgIpc) is 2.39.